The van der Waals surface area contributed by atoms with E-state index in [1.807, 2.05) is 0 Å². The molecule has 1 N–H and O–H groups in total. The molecule has 1 atom stereocenters. The number of fused-ring (bicyclic) bond motifs is 1. The molecule has 1 amide bonds. The monoisotopic (exact) mass is 396 g/mol. The van der Waals surface area contributed by atoms with Gasteiger partial charge in [0.1, 0.15) is 0 Å². The maximum Gasteiger partial charge on any atom is 0.224 e. The van der Waals surface area contributed by atoms with Gasteiger partial charge in [0, 0.05) is 26.2 Å². The summed E-state index contributed by atoms with van der Waals surface area (Å²) in [5.74, 6) is 2.57. The Hall–Kier alpha value is -2.04. The standard InChI is InChI=1S/C24H36N4O/c1-18(2)15-25-23(29)20-11-8-14-27(17-20)24-26-21-12-6-7-13-22(21)28(24)16-19-9-4-3-5-10-19/h6-7,12-13,18-20H,3-5,8-11,14-17H2,1-2H3,(H,25,29)/t20-/m1/s1. The molecule has 2 aliphatic rings. The van der Waals surface area contributed by atoms with E-state index in [1.54, 1.807) is 0 Å². The third-order valence-corrected chi connectivity index (χ3v) is 6.56. The molecule has 5 heteroatoms. The zero-order chi connectivity index (χ0) is 20.2. The molecule has 1 aromatic heterocycles. The van der Waals surface area contributed by atoms with Gasteiger partial charge in [0.25, 0.3) is 0 Å². The number of piperidine rings is 1. The van der Waals surface area contributed by atoms with Crippen molar-refractivity contribution in [2.75, 3.05) is 24.5 Å². The maximum absolute atomic E-state index is 12.7. The fraction of sp³-hybridized carbons (Fsp3) is 0.667. The van der Waals surface area contributed by atoms with E-state index in [1.165, 1.54) is 37.6 Å². The van der Waals surface area contributed by atoms with E-state index < -0.39 is 0 Å². The molecule has 1 saturated carbocycles. The van der Waals surface area contributed by atoms with Crippen molar-refractivity contribution in [1.82, 2.24) is 14.9 Å². The van der Waals surface area contributed by atoms with Crippen LogP contribution in [0.3, 0.4) is 0 Å². The number of para-hydroxylation sites is 2. The Morgan fingerprint density at radius 3 is 2.72 bits per heavy atom. The van der Waals surface area contributed by atoms with E-state index in [-0.39, 0.29) is 11.8 Å². The second-order valence-corrected chi connectivity index (χ2v) is 9.44. The van der Waals surface area contributed by atoms with E-state index >= 15 is 0 Å². The first-order valence-electron chi connectivity index (χ1n) is 11.6. The van der Waals surface area contributed by atoms with E-state index in [2.05, 4.69) is 52.9 Å². The van der Waals surface area contributed by atoms with Crippen LogP contribution >= 0.6 is 0 Å². The first-order valence-corrected chi connectivity index (χ1v) is 11.6. The molecule has 5 nitrogen and oxygen atoms in total. The fourth-order valence-electron chi connectivity index (χ4n) is 4.93. The normalized spacial score (nSPS) is 21.1. The highest BCUT2D eigenvalue weighted by molar-refractivity contribution is 5.81. The topological polar surface area (TPSA) is 50.2 Å². The zero-order valence-electron chi connectivity index (χ0n) is 18.1. The fourth-order valence-corrected chi connectivity index (χ4v) is 4.93. The summed E-state index contributed by atoms with van der Waals surface area (Å²) < 4.78 is 2.44. The SMILES string of the molecule is CC(C)CNC(=O)[C@@H]1CCCN(c2nc3ccccc3n2CC2CCCCC2)C1. The Balaban J connectivity index is 1.55. The molecule has 0 unspecified atom stereocenters. The predicted octanol–water partition coefficient (Wildman–Crippen LogP) is 4.61. The molecule has 158 valence electrons. The number of carbonyl (C=O) groups excluding carboxylic acids is 1. The predicted molar refractivity (Wildman–Crippen MR) is 119 cm³/mol. The Bertz CT molecular complexity index is 821. The summed E-state index contributed by atoms with van der Waals surface area (Å²) in [4.78, 5) is 20.1. The summed E-state index contributed by atoms with van der Waals surface area (Å²) >= 11 is 0. The molecule has 0 bridgehead atoms. The third kappa shape index (κ3) is 4.76. The van der Waals surface area contributed by atoms with Crippen molar-refractivity contribution < 1.29 is 4.79 Å². The molecule has 2 fully saturated rings. The van der Waals surface area contributed by atoms with Gasteiger partial charge in [-0.3, -0.25) is 4.79 Å². The second-order valence-electron chi connectivity index (χ2n) is 9.44. The molecule has 0 spiro atoms. The van der Waals surface area contributed by atoms with Gasteiger partial charge in [-0.25, -0.2) is 4.98 Å². The molecule has 0 radical (unpaired) electrons. The summed E-state index contributed by atoms with van der Waals surface area (Å²) in [6, 6.07) is 8.50. The van der Waals surface area contributed by atoms with Gasteiger partial charge in [-0.2, -0.15) is 0 Å². The minimum Gasteiger partial charge on any atom is -0.356 e. The summed E-state index contributed by atoms with van der Waals surface area (Å²) in [5, 5.41) is 3.14. The van der Waals surface area contributed by atoms with Crippen LogP contribution < -0.4 is 10.2 Å². The first-order chi connectivity index (χ1) is 14.1. The number of aromatic nitrogens is 2. The highest BCUT2D eigenvalue weighted by Crippen LogP contribution is 2.31. The van der Waals surface area contributed by atoms with Gasteiger partial charge in [-0.05, 0) is 49.7 Å². The molecule has 1 aliphatic carbocycles. The van der Waals surface area contributed by atoms with E-state index in [0.29, 0.717) is 5.92 Å². The minimum atomic E-state index is 0.0606. The van der Waals surface area contributed by atoms with Crippen LogP contribution in [0.1, 0.15) is 58.8 Å². The number of anilines is 1. The third-order valence-electron chi connectivity index (χ3n) is 6.56. The minimum absolute atomic E-state index is 0.0606. The van der Waals surface area contributed by atoms with Gasteiger partial charge in [0.2, 0.25) is 11.9 Å². The van der Waals surface area contributed by atoms with Crippen molar-refractivity contribution in [3.05, 3.63) is 24.3 Å². The highest BCUT2D eigenvalue weighted by atomic mass is 16.1. The lowest BCUT2D eigenvalue weighted by Crippen LogP contribution is -2.44. The van der Waals surface area contributed by atoms with Crippen molar-refractivity contribution >= 4 is 22.9 Å². The van der Waals surface area contributed by atoms with Crippen molar-refractivity contribution in [3.8, 4) is 0 Å². The zero-order valence-corrected chi connectivity index (χ0v) is 18.1. The van der Waals surface area contributed by atoms with Gasteiger partial charge in [-0.15, -0.1) is 0 Å². The molecule has 1 aliphatic heterocycles. The molecular weight excluding hydrogens is 360 g/mol. The van der Waals surface area contributed by atoms with Crippen molar-refractivity contribution in [3.63, 3.8) is 0 Å². The van der Waals surface area contributed by atoms with Crippen LogP contribution in [0.4, 0.5) is 5.95 Å². The Labute approximate surface area is 174 Å². The number of nitrogens with one attached hydrogen (secondary N) is 1. The number of hydrogen-bond acceptors (Lipinski definition) is 3. The van der Waals surface area contributed by atoms with Crippen molar-refractivity contribution in [1.29, 1.82) is 0 Å². The van der Waals surface area contributed by atoms with Crippen LogP contribution in [-0.2, 0) is 11.3 Å². The molecule has 4 rings (SSSR count). The molecule has 1 saturated heterocycles. The summed E-state index contributed by atoms with van der Waals surface area (Å²) in [6.45, 7) is 7.86. The largest absolute Gasteiger partial charge is 0.356 e. The summed E-state index contributed by atoms with van der Waals surface area (Å²) in [5.41, 5.74) is 2.31. The Kier molecular flexibility index (Phi) is 6.41. The van der Waals surface area contributed by atoms with Crippen LogP contribution in [0.25, 0.3) is 11.0 Å². The number of rotatable bonds is 6. The van der Waals surface area contributed by atoms with Crippen LogP contribution in [0.2, 0.25) is 0 Å². The molecule has 2 aromatic rings. The van der Waals surface area contributed by atoms with Gasteiger partial charge in [-0.1, -0.05) is 45.2 Å². The van der Waals surface area contributed by atoms with E-state index in [0.717, 1.165) is 56.4 Å². The maximum atomic E-state index is 12.7. The average Bonchev–Trinajstić information content (AvgIpc) is 3.11. The van der Waals surface area contributed by atoms with Crippen molar-refractivity contribution in [2.45, 2.75) is 65.3 Å². The van der Waals surface area contributed by atoms with Crippen LogP contribution in [0.15, 0.2) is 24.3 Å². The summed E-state index contributed by atoms with van der Waals surface area (Å²) in [7, 11) is 0. The van der Waals surface area contributed by atoms with Crippen molar-refractivity contribution in [2.24, 2.45) is 17.8 Å². The molecule has 2 heterocycles. The lowest BCUT2D eigenvalue weighted by atomic mass is 9.89. The average molecular weight is 397 g/mol. The highest BCUT2D eigenvalue weighted by Gasteiger charge is 2.29. The number of hydrogen-bond donors (Lipinski definition) is 1. The lowest BCUT2D eigenvalue weighted by Gasteiger charge is -2.34. The van der Waals surface area contributed by atoms with E-state index in [4.69, 9.17) is 4.98 Å². The summed E-state index contributed by atoms with van der Waals surface area (Å²) in [6.07, 6.45) is 8.77. The number of carbonyl (C=O) groups is 1. The number of nitrogens with zero attached hydrogens (tertiary/aromatic N) is 3. The van der Waals surface area contributed by atoms with Crippen LogP contribution in [0.5, 0.6) is 0 Å². The Morgan fingerprint density at radius 1 is 1.14 bits per heavy atom. The number of amides is 1. The second kappa shape index (κ2) is 9.19. The van der Waals surface area contributed by atoms with E-state index in [9.17, 15) is 4.79 Å². The van der Waals surface area contributed by atoms with Crippen LogP contribution in [0, 0.1) is 17.8 Å². The van der Waals surface area contributed by atoms with Gasteiger partial charge in [0.15, 0.2) is 0 Å². The number of imidazole rings is 1. The Morgan fingerprint density at radius 2 is 1.93 bits per heavy atom. The van der Waals surface area contributed by atoms with Gasteiger partial charge < -0.3 is 14.8 Å². The van der Waals surface area contributed by atoms with Gasteiger partial charge >= 0.3 is 0 Å². The molecular formula is C24H36N4O. The van der Waals surface area contributed by atoms with Gasteiger partial charge in [0.05, 0.1) is 17.0 Å². The molecule has 29 heavy (non-hydrogen) atoms. The number of benzene rings is 1. The molecule has 1 aromatic carbocycles. The first kappa shape index (κ1) is 20.2. The quantitative estimate of drug-likeness (QED) is 0.776. The smallest absolute Gasteiger partial charge is 0.224 e. The lowest BCUT2D eigenvalue weighted by molar-refractivity contribution is -0.125. The van der Waals surface area contributed by atoms with Crippen LogP contribution in [-0.4, -0.2) is 35.1 Å².